The van der Waals surface area contributed by atoms with Crippen LogP contribution in [0.2, 0.25) is 10.0 Å². The number of carbonyl (C=O) groups is 1. The number of benzene rings is 2. The molecule has 3 N–H and O–H groups in total. The molecule has 6 heteroatoms. The van der Waals surface area contributed by atoms with Gasteiger partial charge in [0.2, 0.25) is 0 Å². The lowest BCUT2D eigenvalue weighted by Gasteiger charge is -2.18. The smallest absolute Gasteiger partial charge is 0.254 e. The molecule has 2 rings (SSSR count). The van der Waals surface area contributed by atoms with Crippen molar-refractivity contribution in [3.8, 4) is 5.75 Å². The number of nitrogens with zero attached hydrogens (tertiary/aromatic N) is 1. The van der Waals surface area contributed by atoms with Crippen LogP contribution in [0.15, 0.2) is 36.4 Å². The summed E-state index contributed by atoms with van der Waals surface area (Å²) in [6.45, 7) is 0.270. The molecule has 2 aromatic carbocycles. The third kappa shape index (κ3) is 3.40. The number of phenols is 1. The van der Waals surface area contributed by atoms with Gasteiger partial charge in [0.15, 0.2) is 0 Å². The molecule has 0 aliphatic heterocycles. The Balaban J connectivity index is 2.22. The minimum atomic E-state index is -0.261. The number of aromatic hydroxyl groups is 1. The summed E-state index contributed by atoms with van der Waals surface area (Å²) in [5.74, 6) is -0.116. The lowest BCUT2D eigenvalue weighted by molar-refractivity contribution is 0.0784. The average molecular weight is 325 g/mol. The van der Waals surface area contributed by atoms with Gasteiger partial charge in [-0.05, 0) is 18.2 Å². The maximum atomic E-state index is 12.4. The Kier molecular flexibility index (Phi) is 4.60. The number of hydrogen-bond donors (Lipinski definition) is 2. The summed E-state index contributed by atoms with van der Waals surface area (Å²) in [4.78, 5) is 13.8. The molecule has 4 nitrogen and oxygen atoms in total. The van der Waals surface area contributed by atoms with Crippen LogP contribution in [0.4, 0.5) is 5.69 Å². The molecule has 110 valence electrons. The van der Waals surface area contributed by atoms with Gasteiger partial charge in [0.05, 0.1) is 15.7 Å². The van der Waals surface area contributed by atoms with Crippen LogP contribution in [0.3, 0.4) is 0 Å². The van der Waals surface area contributed by atoms with Crippen molar-refractivity contribution < 1.29 is 9.90 Å². The second kappa shape index (κ2) is 6.24. The largest absolute Gasteiger partial charge is 0.508 e. The van der Waals surface area contributed by atoms with E-state index < -0.39 is 0 Å². The molecule has 21 heavy (non-hydrogen) atoms. The quantitative estimate of drug-likeness (QED) is 0.848. The normalized spacial score (nSPS) is 10.4. The summed E-state index contributed by atoms with van der Waals surface area (Å²) in [5, 5.41) is 10.2. The van der Waals surface area contributed by atoms with E-state index in [9.17, 15) is 9.90 Å². The molecule has 0 saturated heterocycles. The van der Waals surface area contributed by atoms with Gasteiger partial charge in [0.1, 0.15) is 5.75 Å². The van der Waals surface area contributed by atoms with Crippen molar-refractivity contribution in [1.29, 1.82) is 0 Å². The van der Waals surface area contributed by atoms with Gasteiger partial charge >= 0.3 is 0 Å². The van der Waals surface area contributed by atoms with Crippen molar-refractivity contribution in [2.24, 2.45) is 0 Å². The fourth-order valence-corrected chi connectivity index (χ4v) is 2.26. The first kappa shape index (κ1) is 15.5. The molecule has 0 saturated carbocycles. The molecule has 0 atom stereocenters. The minimum absolute atomic E-state index is 0.144. The first-order chi connectivity index (χ1) is 9.90. The van der Waals surface area contributed by atoms with Crippen molar-refractivity contribution in [1.82, 2.24) is 4.90 Å². The van der Waals surface area contributed by atoms with Crippen LogP contribution in [0.5, 0.6) is 5.75 Å². The zero-order chi connectivity index (χ0) is 15.6. The summed E-state index contributed by atoms with van der Waals surface area (Å²) in [5.41, 5.74) is 6.96. The van der Waals surface area contributed by atoms with E-state index in [1.807, 2.05) is 0 Å². The Hall–Kier alpha value is -1.91. The predicted molar refractivity (Wildman–Crippen MR) is 84.8 cm³/mol. The number of nitrogens with two attached hydrogens (primary N) is 1. The highest BCUT2D eigenvalue weighted by Crippen LogP contribution is 2.30. The second-order valence-electron chi connectivity index (χ2n) is 4.65. The van der Waals surface area contributed by atoms with Crippen LogP contribution >= 0.6 is 23.2 Å². The van der Waals surface area contributed by atoms with Crippen molar-refractivity contribution >= 4 is 34.8 Å². The number of hydrogen-bond acceptors (Lipinski definition) is 3. The number of rotatable bonds is 3. The van der Waals surface area contributed by atoms with Crippen LogP contribution in [0, 0.1) is 0 Å². The van der Waals surface area contributed by atoms with E-state index in [4.69, 9.17) is 28.9 Å². The van der Waals surface area contributed by atoms with Gasteiger partial charge in [-0.15, -0.1) is 0 Å². The van der Waals surface area contributed by atoms with Crippen molar-refractivity contribution in [3.05, 3.63) is 57.6 Å². The number of carbonyl (C=O) groups excluding carboxylic acids is 1. The third-order valence-electron chi connectivity index (χ3n) is 3.05. The van der Waals surface area contributed by atoms with Crippen molar-refractivity contribution in [2.75, 3.05) is 12.8 Å². The zero-order valence-corrected chi connectivity index (χ0v) is 12.8. The van der Waals surface area contributed by atoms with E-state index in [0.717, 1.165) is 0 Å². The fourth-order valence-electron chi connectivity index (χ4n) is 1.93. The third-order valence-corrected chi connectivity index (χ3v) is 3.87. The van der Waals surface area contributed by atoms with Gasteiger partial charge in [-0.3, -0.25) is 4.79 Å². The SMILES string of the molecule is CN(Cc1ccccc1O)C(=O)c1cc(N)c(Cl)c(Cl)c1. The highest BCUT2D eigenvalue weighted by atomic mass is 35.5. The molecule has 0 radical (unpaired) electrons. The molecule has 0 aliphatic rings. The Labute approximate surface area is 132 Å². The maximum Gasteiger partial charge on any atom is 0.254 e. The van der Waals surface area contributed by atoms with Gasteiger partial charge in [-0.25, -0.2) is 0 Å². The number of para-hydroxylation sites is 1. The predicted octanol–water partition coefficient (Wildman–Crippen LogP) is 3.55. The Morgan fingerprint density at radius 1 is 1.29 bits per heavy atom. The fraction of sp³-hybridized carbons (Fsp3) is 0.133. The van der Waals surface area contributed by atoms with E-state index in [1.54, 1.807) is 31.3 Å². The minimum Gasteiger partial charge on any atom is -0.508 e. The van der Waals surface area contributed by atoms with Crippen LogP contribution in [-0.2, 0) is 6.54 Å². The molecule has 0 aliphatic carbocycles. The number of nitrogen functional groups attached to an aromatic ring is 1. The highest BCUT2D eigenvalue weighted by Gasteiger charge is 2.16. The van der Waals surface area contributed by atoms with E-state index in [-0.39, 0.29) is 33.9 Å². The first-order valence-corrected chi connectivity index (χ1v) is 6.92. The van der Waals surface area contributed by atoms with E-state index in [2.05, 4.69) is 0 Å². The molecule has 2 aromatic rings. The Morgan fingerprint density at radius 2 is 1.95 bits per heavy atom. The van der Waals surface area contributed by atoms with Gasteiger partial charge < -0.3 is 15.7 Å². The molecule has 0 unspecified atom stereocenters. The number of halogens is 2. The van der Waals surface area contributed by atoms with Gasteiger partial charge in [0.25, 0.3) is 5.91 Å². The van der Waals surface area contributed by atoms with E-state index in [1.165, 1.54) is 17.0 Å². The Bertz CT molecular complexity index is 666. The average Bonchev–Trinajstić information content (AvgIpc) is 2.45. The van der Waals surface area contributed by atoms with E-state index >= 15 is 0 Å². The van der Waals surface area contributed by atoms with Crippen molar-refractivity contribution in [2.45, 2.75) is 6.54 Å². The molecule has 0 spiro atoms. The number of phenolic OH excluding ortho intramolecular Hbond substituents is 1. The van der Waals surface area contributed by atoms with Gasteiger partial charge in [0, 0.05) is 24.7 Å². The van der Waals surface area contributed by atoms with E-state index in [0.29, 0.717) is 11.1 Å². The molecule has 0 fully saturated rings. The summed E-state index contributed by atoms with van der Waals surface area (Å²) >= 11 is 11.8. The maximum absolute atomic E-state index is 12.4. The lowest BCUT2D eigenvalue weighted by atomic mass is 10.1. The molecular formula is C15H14Cl2N2O2. The lowest BCUT2D eigenvalue weighted by Crippen LogP contribution is -2.26. The summed E-state index contributed by atoms with van der Waals surface area (Å²) in [7, 11) is 1.63. The second-order valence-corrected chi connectivity index (χ2v) is 5.44. The summed E-state index contributed by atoms with van der Waals surface area (Å²) in [6.07, 6.45) is 0. The zero-order valence-electron chi connectivity index (χ0n) is 11.3. The van der Waals surface area contributed by atoms with Crippen molar-refractivity contribution in [3.63, 3.8) is 0 Å². The van der Waals surface area contributed by atoms with Crippen LogP contribution < -0.4 is 5.73 Å². The van der Waals surface area contributed by atoms with Gasteiger partial charge in [-0.2, -0.15) is 0 Å². The Morgan fingerprint density at radius 3 is 2.57 bits per heavy atom. The standard InChI is InChI=1S/C15H14Cl2N2O2/c1-19(8-9-4-2-3-5-13(9)20)15(21)10-6-11(16)14(17)12(18)7-10/h2-7,20H,8,18H2,1H3. The summed E-state index contributed by atoms with van der Waals surface area (Å²) in [6, 6.07) is 9.81. The highest BCUT2D eigenvalue weighted by molar-refractivity contribution is 6.43. The van der Waals surface area contributed by atoms with Gasteiger partial charge in [-0.1, -0.05) is 41.4 Å². The topological polar surface area (TPSA) is 66.6 Å². The van der Waals surface area contributed by atoms with Crippen LogP contribution in [0.25, 0.3) is 0 Å². The molecule has 0 heterocycles. The summed E-state index contributed by atoms with van der Waals surface area (Å²) < 4.78 is 0. The molecule has 0 bridgehead atoms. The van der Waals surface area contributed by atoms with Crippen LogP contribution in [-0.4, -0.2) is 23.0 Å². The molecular weight excluding hydrogens is 311 g/mol. The number of amides is 1. The number of anilines is 1. The first-order valence-electron chi connectivity index (χ1n) is 6.17. The van der Waals surface area contributed by atoms with Crippen LogP contribution in [0.1, 0.15) is 15.9 Å². The monoisotopic (exact) mass is 324 g/mol. The molecule has 0 aromatic heterocycles. The molecule has 1 amide bonds.